The van der Waals surface area contributed by atoms with Gasteiger partial charge in [-0.05, 0) is 29.0 Å². The summed E-state index contributed by atoms with van der Waals surface area (Å²) in [5, 5.41) is 0. The van der Waals surface area contributed by atoms with Crippen molar-refractivity contribution in [2.75, 3.05) is 30.9 Å². The first-order valence-electron chi connectivity index (χ1n) is 10.3. The molecule has 168 valence electrons. The Morgan fingerprint density at radius 3 is 2.42 bits per heavy atom. The Morgan fingerprint density at radius 2 is 1.87 bits per heavy atom. The van der Waals surface area contributed by atoms with Crippen LogP contribution in [0.2, 0.25) is 0 Å². The summed E-state index contributed by atoms with van der Waals surface area (Å²) in [6.07, 6.45) is 3.71. The summed E-state index contributed by atoms with van der Waals surface area (Å²) < 4.78 is 6.36. The normalized spacial score (nSPS) is 11.8. The Labute approximate surface area is 182 Å². The van der Waals surface area contributed by atoms with Gasteiger partial charge in [-0.3, -0.25) is 24.0 Å². The molecule has 1 aromatic carbocycles. The molecule has 1 amide bonds. The lowest BCUT2D eigenvalue weighted by molar-refractivity contribution is -0.114. The number of hydrogen-bond donors (Lipinski definition) is 2. The lowest BCUT2D eigenvalue weighted by Crippen LogP contribution is -2.42. The molecule has 0 aliphatic heterocycles. The molecule has 0 aliphatic carbocycles. The van der Waals surface area contributed by atoms with Gasteiger partial charge in [0.25, 0.3) is 11.5 Å². The van der Waals surface area contributed by atoms with E-state index in [1.165, 1.54) is 28.2 Å². The van der Waals surface area contributed by atoms with E-state index >= 15 is 0 Å². The minimum atomic E-state index is -0.706. The fourth-order valence-corrected chi connectivity index (χ4v) is 3.15. The number of nitrogens with two attached hydrogens (primary N) is 1. The summed E-state index contributed by atoms with van der Waals surface area (Å²) in [7, 11) is 1.50. The number of nitrogen functional groups attached to an aromatic ring is 1. The molecule has 0 atom stereocenters. The maximum absolute atomic E-state index is 13.0. The monoisotopic (exact) mass is 428 g/mol. The SMILES string of the molecule is CCCn1c(N)c(N(CCOC)C(=O)/C=C/c2ccc(C(C)(C)C)cc2)c(=O)[nH]c1=O. The lowest BCUT2D eigenvalue weighted by Gasteiger charge is -2.23. The van der Waals surface area contributed by atoms with E-state index in [-0.39, 0.29) is 30.1 Å². The molecule has 0 aliphatic rings. The molecule has 0 saturated carbocycles. The molecule has 1 aromatic heterocycles. The van der Waals surface area contributed by atoms with Crippen LogP contribution >= 0.6 is 0 Å². The van der Waals surface area contributed by atoms with Crippen molar-refractivity contribution in [3.05, 3.63) is 62.3 Å². The van der Waals surface area contributed by atoms with Crippen molar-refractivity contribution in [2.45, 2.75) is 46.1 Å². The molecule has 2 rings (SSSR count). The second-order valence-electron chi connectivity index (χ2n) is 8.33. The summed E-state index contributed by atoms with van der Waals surface area (Å²) in [4.78, 5) is 41.1. The average Bonchev–Trinajstić information content (AvgIpc) is 2.71. The molecule has 31 heavy (non-hydrogen) atoms. The van der Waals surface area contributed by atoms with E-state index in [2.05, 4.69) is 25.8 Å². The zero-order chi connectivity index (χ0) is 23.2. The molecule has 8 nitrogen and oxygen atoms in total. The molecule has 1 heterocycles. The summed E-state index contributed by atoms with van der Waals surface area (Å²) in [5.74, 6) is -0.473. The minimum absolute atomic E-state index is 0.0369. The first-order chi connectivity index (χ1) is 14.6. The molecule has 0 unspecified atom stereocenters. The van der Waals surface area contributed by atoms with Crippen LogP contribution in [0.15, 0.2) is 39.9 Å². The number of aromatic amines is 1. The predicted molar refractivity (Wildman–Crippen MR) is 124 cm³/mol. The molecule has 0 saturated heterocycles. The highest BCUT2D eigenvalue weighted by molar-refractivity contribution is 6.05. The average molecular weight is 429 g/mol. The van der Waals surface area contributed by atoms with Crippen molar-refractivity contribution in [3.63, 3.8) is 0 Å². The first kappa shape index (κ1) is 24.1. The van der Waals surface area contributed by atoms with Crippen molar-refractivity contribution in [2.24, 2.45) is 0 Å². The van der Waals surface area contributed by atoms with E-state index in [0.717, 1.165) is 5.56 Å². The van der Waals surface area contributed by atoms with Crippen LogP contribution in [0.4, 0.5) is 11.5 Å². The number of amides is 1. The number of hydrogen-bond acceptors (Lipinski definition) is 5. The fourth-order valence-electron chi connectivity index (χ4n) is 3.15. The van der Waals surface area contributed by atoms with Gasteiger partial charge in [0.05, 0.1) is 6.61 Å². The molecule has 0 bridgehead atoms. The number of anilines is 2. The number of methoxy groups -OCH3 is 1. The van der Waals surface area contributed by atoms with Crippen molar-refractivity contribution < 1.29 is 9.53 Å². The van der Waals surface area contributed by atoms with E-state index in [1.807, 2.05) is 31.2 Å². The zero-order valence-electron chi connectivity index (χ0n) is 18.9. The zero-order valence-corrected chi connectivity index (χ0v) is 18.9. The molecule has 8 heteroatoms. The standard InChI is InChI=1S/C23H32N4O4/c1-6-13-27-20(24)19(21(29)25-22(27)30)26(14-15-31-5)18(28)12-9-16-7-10-17(11-8-16)23(2,3)4/h7-12H,6,13-15,24H2,1-5H3,(H,25,29,30)/b12-9+. The van der Waals surface area contributed by atoms with Gasteiger partial charge in [0.2, 0.25) is 0 Å². The van der Waals surface area contributed by atoms with Gasteiger partial charge >= 0.3 is 5.69 Å². The number of H-pyrrole nitrogens is 1. The second kappa shape index (κ2) is 10.3. The van der Waals surface area contributed by atoms with Gasteiger partial charge in [-0.15, -0.1) is 0 Å². The molecule has 3 N–H and O–H groups in total. The minimum Gasteiger partial charge on any atom is -0.383 e. The van der Waals surface area contributed by atoms with Crippen molar-refractivity contribution >= 4 is 23.5 Å². The largest absolute Gasteiger partial charge is 0.383 e. The van der Waals surface area contributed by atoms with Crippen LogP contribution in [0.5, 0.6) is 0 Å². The summed E-state index contributed by atoms with van der Waals surface area (Å²) in [6, 6.07) is 7.92. The van der Waals surface area contributed by atoms with E-state index in [4.69, 9.17) is 10.5 Å². The van der Waals surface area contributed by atoms with Gasteiger partial charge in [0.15, 0.2) is 5.69 Å². The maximum atomic E-state index is 13.0. The highest BCUT2D eigenvalue weighted by atomic mass is 16.5. The fraction of sp³-hybridized carbons (Fsp3) is 0.435. The molecule has 0 fully saturated rings. The lowest BCUT2D eigenvalue weighted by atomic mass is 9.87. The molecular formula is C23H32N4O4. The van der Waals surface area contributed by atoms with Crippen molar-refractivity contribution in [1.82, 2.24) is 9.55 Å². The Bertz CT molecular complexity index is 1040. The van der Waals surface area contributed by atoms with Crippen LogP contribution < -0.4 is 21.9 Å². The maximum Gasteiger partial charge on any atom is 0.330 e. The Balaban J connectivity index is 2.40. The van der Waals surface area contributed by atoms with Crippen LogP contribution in [-0.4, -0.2) is 35.7 Å². The third kappa shape index (κ3) is 5.95. The number of ether oxygens (including phenoxy) is 1. The number of rotatable bonds is 8. The van der Waals surface area contributed by atoms with E-state index in [1.54, 1.807) is 6.08 Å². The molecule has 0 spiro atoms. The number of nitrogens with one attached hydrogen (secondary N) is 1. The Kier molecular flexibility index (Phi) is 7.99. The van der Waals surface area contributed by atoms with Crippen LogP contribution in [0.25, 0.3) is 6.08 Å². The van der Waals surface area contributed by atoms with Gasteiger partial charge in [0, 0.05) is 26.3 Å². The van der Waals surface area contributed by atoms with E-state index in [9.17, 15) is 14.4 Å². The highest BCUT2D eigenvalue weighted by Crippen LogP contribution is 2.23. The topological polar surface area (TPSA) is 110 Å². The van der Waals surface area contributed by atoms with Crippen molar-refractivity contribution in [1.29, 1.82) is 0 Å². The predicted octanol–water partition coefficient (Wildman–Crippen LogP) is 2.52. The van der Waals surface area contributed by atoms with Gasteiger partial charge in [-0.2, -0.15) is 0 Å². The van der Waals surface area contributed by atoms with Crippen LogP contribution in [0.1, 0.15) is 45.2 Å². The van der Waals surface area contributed by atoms with Gasteiger partial charge < -0.3 is 10.5 Å². The number of carbonyl (C=O) groups is 1. The Morgan fingerprint density at radius 1 is 1.23 bits per heavy atom. The summed E-state index contributed by atoms with van der Waals surface area (Å²) in [6.45, 7) is 8.93. The smallest absolute Gasteiger partial charge is 0.330 e. The van der Waals surface area contributed by atoms with Crippen molar-refractivity contribution in [3.8, 4) is 0 Å². The number of nitrogens with zero attached hydrogens (tertiary/aromatic N) is 2. The molecule has 2 aromatic rings. The van der Waals surface area contributed by atoms with E-state index < -0.39 is 17.2 Å². The molecule has 0 radical (unpaired) electrons. The number of benzene rings is 1. The third-order valence-corrected chi connectivity index (χ3v) is 4.91. The van der Waals surface area contributed by atoms with Gasteiger partial charge in [0.1, 0.15) is 5.82 Å². The van der Waals surface area contributed by atoms with Crippen LogP contribution in [-0.2, 0) is 21.5 Å². The first-order valence-corrected chi connectivity index (χ1v) is 10.3. The third-order valence-electron chi connectivity index (χ3n) is 4.91. The van der Waals surface area contributed by atoms with E-state index in [0.29, 0.717) is 13.0 Å². The number of aromatic nitrogens is 2. The van der Waals surface area contributed by atoms with Gasteiger partial charge in [-0.1, -0.05) is 52.0 Å². The van der Waals surface area contributed by atoms with Crippen LogP contribution in [0.3, 0.4) is 0 Å². The Hall–Kier alpha value is -3.13. The quantitative estimate of drug-likeness (QED) is 0.628. The highest BCUT2D eigenvalue weighted by Gasteiger charge is 2.22. The number of carbonyl (C=O) groups excluding carboxylic acids is 1. The molecular weight excluding hydrogens is 396 g/mol. The van der Waals surface area contributed by atoms with Gasteiger partial charge in [-0.25, -0.2) is 4.79 Å². The second-order valence-corrected chi connectivity index (χ2v) is 8.33. The van der Waals surface area contributed by atoms with Crippen LogP contribution in [0, 0.1) is 0 Å². The summed E-state index contributed by atoms with van der Waals surface area (Å²) >= 11 is 0. The summed E-state index contributed by atoms with van der Waals surface area (Å²) in [5.41, 5.74) is 6.85.